The smallest absolute Gasteiger partial charge is 0.341 e. The largest absolute Gasteiger partial charge is 0.435 e. The number of ether oxygens (including phenoxy) is 2. The molecule has 0 N–H and O–H groups in total. The van der Waals surface area contributed by atoms with Gasteiger partial charge in [0.25, 0.3) is 5.91 Å². The number of amides is 1. The van der Waals surface area contributed by atoms with Gasteiger partial charge in [-0.1, -0.05) is 12.1 Å². The molecule has 22 heavy (non-hydrogen) atoms. The monoisotopic (exact) mass is 307 g/mol. The maximum absolute atomic E-state index is 12.8. The van der Waals surface area contributed by atoms with Crippen molar-refractivity contribution in [3.8, 4) is 0 Å². The number of carbonyl (C=O) groups excluding carboxylic acids is 2. The number of nitrogens with zero attached hydrogens (tertiary/aromatic N) is 1. The minimum atomic E-state index is -0.551. The molecule has 5 heteroatoms. The Morgan fingerprint density at radius 3 is 2.09 bits per heavy atom. The molecule has 0 aliphatic carbocycles. The first-order valence-electron chi connectivity index (χ1n) is 7.56. The van der Waals surface area contributed by atoms with Crippen LogP contribution in [0.15, 0.2) is 24.3 Å². The molecule has 0 fully saturated rings. The molecule has 0 heterocycles. The van der Waals surface area contributed by atoms with Crippen molar-refractivity contribution in [1.29, 1.82) is 0 Å². The Bertz CT molecular complexity index is 503. The fourth-order valence-electron chi connectivity index (χ4n) is 2.31. The first-order valence-corrected chi connectivity index (χ1v) is 7.56. The van der Waals surface area contributed by atoms with Gasteiger partial charge in [-0.2, -0.15) is 0 Å². The lowest BCUT2D eigenvalue weighted by molar-refractivity contribution is -0.0276. The van der Waals surface area contributed by atoms with Crippen molar-refractivity contribution in [1.82, 2.24) is 4.90 Å². The fraction of sp³-hybridized carbons (Fsp3) is 0.529. The van der Waals surface area contributed by atoms with E-state index in [1.165, 1.54) is 0 Å². The third-order valence-electron chi connectivity index (χ3n) is 3.20. The van der Waals surface area contributed by atoms with Crippen LogP contribution in [0.4, 0.5) is 0 Å². The maximum Gasteiger partial charge on any atom is 0.341 e. The van der Waals surface area contributed by atoms with Crippen LogP contribution in [0.1, 0.15) is 55.3 Å². The molecule has 0 aromatic heterocycles. The Kier molecular flexibility index (Phi) is 7.05. The summed E-state index contributed by atoms with van der Waals surface area (Å²) >= 11 is 0. The molecular formula is C17H25NO4. The van der Waals surface area contributed by atoms with Gasteiger partial charge >= 0.3 is 5.97 Å². The third kappa shape index (κ3) is 4.56. The molecule has 0 spiro atoms. The van der Waals surface area contributed by atoms with Crippen LogP contribution in [-0.2, 0) is 9.47 Å². The highest BCUT2D eigenvalue weighted by Crippen LogP contribution is 2.17. The van der Waals surface area contributed by atoms with Gasteiger partial charge in [0, 0.05) is 18.7 Å². The zero-order valence-corrected chi connectivity index (χ0v) is 14.0. The second kappa shape index (κ2) is 8.54. The summed E-state index contributed by atoms with van der Waals surface area (Å²) in [6.07, 6.45) is 0. The molecule has 0 saturated heterocycles. The van der Waals surface area contributed by atoms with E-state index in [0.29, 0.717) is 12.2 Å². The Morgan fingerprint density at radius 2 is 1.59 bits per heavy atom. The van der Waals surface area contributed by atoms with Gasteiger partial charge in [0.05, 0.1) is 11.1 Å². The SMILES string of the molecule is CCOCOC(=O)c1ccccc1C(=O)N(C(C)C)C(C)C. The van der Waals surface area contributed by atoms with Gasteiger partial charge in [-0.05, 0) is 46.8 Å². The lowest BCUT2D eigenvalue weighted by atomic mass is 10.0. The predicted octanol–water partition coefficient (Wildman–Crippen LogP) is 3.10. The van der Waals surface area contributed by atoms with Gasteiger partial charge in [0.1, 0.15) is 0 Å². The molecule has 122 valence electrons. The molecule has 5 nitrogen and oxygen atoms in total. The number of esters is 1. The van der Waals surface area contributed by atoms with Gasteiger partial charge < -0.3 is 14.4 Å². The maximum atomic E-state index is 12.8. The van der Waals surface area contributed by atoms with Gasteiger partial charge in [-0.3, -0.25) is 4.79 Å². The van der Waals surface area contributed by atoms with E-state index >= 15 is 0 Å². The highest BCUT2D eigenvalue weighted by Gasteiger charge is 2.25. The van der Waals surface area contributed by atoms with Crippen LogP contribution in [0.2, 0.25) is 0 Å². The van der Waals surface area contributed by atoms with Crippen LogP contribution in [-0.4, -0.2) is 42.3 Å². The molecule has 1 aromatic carbocycles. The lowest BCUT2D eigenvalue weighted by Gasteiger charge is -2.31. The Morgan fingerprint density at radius 1 is 1.05 bits per heavy atom. The summed E-state index contributed by atoms with van der Waals surface area (Å²) in [5.74, 6) is -0.723. The van der Waals surface area contributed by atoms with Crippen molar-refractivity contribution in [3.05, 3.63) is 35.4 Å². The van der Waals surface area contributed by atoms with Crippen LogP contribution < -0.4 is 0 Å². The van der Waals surface area contributed by atoms with E-state index in [9.17, 15) is 9.59 Å². The first kappa shape index (κ1) is 18.2. The fourth-order valence-corrected chi connectivity index (χ4v) is 2.31. The molecule has 0 unspecified atom stereocenters. The normalized spacial score (nSPS) is 10.9. The summed E-state index contributed by atoms with van der Waals surface area (Å²) in [7, 11) is 0. The molecule has 1 aromatic rings. The van der Waals surface area contributed by atoms with Crippen molar-refractivity contribution >= 4 is 11.9 Å². The number of benzene rings is 1. The Balaban J connectivity index is 3.04. The van der Waals surface area contributed by atoms with Crippen LogP contribution in [0, 0.1) is 0 Å². The van der Waals surface area contributed by atoms with E-state index in [1.54, 1.807) is 29.2 Å². The summed E-state index contributed by atoms with van der Waals surface area (Å²) in [6, 6.07) is 6.78. The van der Waals surface area contributed by atoms with Crippen LogP contribution in [0.25, 0.3) is 0 Å². The Hall–Kier alpha value is -1.88. The van der Waals surface area contributed by atoms with E-state index in [4.69, 9.17) is 9.47 Å². The zero-order chi connectivity index (χ0) is 16.7. The average Bonchev–Trinajstić information content (AvgIpc) is 2.46. The molecular weight excluding hydrogens is 282 g/mol. The van der Waals surface area contributed by atoms with Crippen LogP contribution in [0.3, 0.4) is 0 Å². The van der Waals surface area contributed by atoms with Crippen LogP contribution in [0.5, 0.6) is 0 Å². The minimum Gasteiger partial charge on any atom is -0.435 e. The van der Waals surface area contributed by atoms with Crippen molar-refractivity contribution in [2.24, 2.45) is 0 Å². The molecule has 1 rings (SSSR count). The first-order chi connectivity index (χ1) is 10.4. The van der Waals surface area contributed by atoms with Gasteiger partial charge in [-0.15, -0.1) is 0 Å². The average molecular weight is 307 g/mol. The number of hydrogen-bond donors (Lipinski definition) is 0. The lowest BCUT2D eigenvalue weighted by Crippen LogP contribution is -2.42. The van der Waals surface area contributed by atoms with Crippen LogP contribution >= 0.6 is 0 Å². The van der Waals surface area contributed by atoms with Crippen molar-refractivity contribution < 1.29 is 19.1 Å². The number of rotatable bonds is 7. The van der Waals surface area contributed by atoms with E-state index in [-0.39, 0.29) is 30.3 Å². The molecule has 0 bridgehead atoms. The van der Waals surface area contributed by atoms with Crippen molar-refractivity contribution in [3.63, 3.8) is 0 Å². The standard InChI is InChI=1S/C17H25NO4/c1-6-21-11-22-17(20)15-10-8-7-9-14(15)16(19)18(12(2)3)13(4)5/h7-10,12-13H,6,11H2,1-5H3. The topological polar surface area (TPSA) is 55.8 Å². The van der Waals surface area contributed by atoms with E-state index in [0.717, 1.165) is 0 Å². The minimum absolute atomic E-state index is 0.0417. The van der Waals surface area contributed by atoms with E-state index < -0.39 is 5.97 Å². The molecule has 0 aliphatic rings. The summed E-state index contributed by atoms with van der Waals surface area (Å²) in [5.41, 5.74) is 0.616. The van der Waals surface area contributed by atoms with Crippen molar-refractivity contribution in [2.45, 2.75) is 46.7 Å². The molecule has 0 aliphatic heterocycles. The molecule has 0 radical (unpaired) electrons. The summed E-state index contributed by atoms with van der Waals surface area (Å²) < 4.78 is 10.0. The Labute approximate surface area is 132 Å². The van der Waals surface area contributed by atoms with Crippen molar-refractivity contribution in [2.75, 3.05) is 13.4 Å². The second-order valence-corrected chi connectivity index (χ2v) is 5.49. The van der Waals surface area contributed by atoms with Gasteiger partial charge in [0.15, 0.2) is 6.79 Å². The molecule has 0 atom stereocenters. The molecule has 1 amide bonds. The summed E-state index contributed by atoms with van der Waals surface area (Å²) in [6.45, 7) is 9.97. The van der Waals surface area contributed by atoms with E-state index in [1.807, 2.05) is 34.6 Å². The highest BCUT2D eigenvalue weighted by molar-refractivity contribution is 6.05. The number of hydrogen-bond acceptors (Lipinski definition) is 4. The summed E-state index contributed by atoms with van der Waals surface area (Å²) in [4.78, 5) is 26.6. The second-order valence-electron chi connectivity index (χ2n) is 5.49. The summed E-state index contributed by atoms with van der Waals surface area (Å²) in [5, 5.41) is 0. The zero-order valence-electron chi connectivity index (χ0n) is 14.0. The van der Waals surface area contributed by atoms with Gasteiger partial charge in [-0.25, -0.2) is 4.79 Å². The predicted molar refractivity (Wildman–Crippen MR) is 84.8 cm³/mol. The van der Waals surface area contributed by atoms with Gasteiger partial charge in [0.2, 0.25) is 0 Å². The van der Waals surface area contributed by atoms with E-state index in [2.05, 4.69) is 0 Å². The number of carbonyl (C=O) groups is 2. The highest BCUT2D eigenvalue weighted by atomic mass is 16.7. The molecule has 0 saturated carbocycles. The third-order valence-corrected chi connectivity index (χ3v) is 3.20. The quantitative estimate of drug-likeness (QED) is 0.441.